The molecule has 1 aliphatic heterocycles. The number of sulfonamides is 1. The topological polar surface area (TPSA) is 92.9 Å². The fourth-order valence-electron chi connectivity index (χ4n) is 3.62. The van der Waals surface area contributed by atoms with Crippen molar-refractivity contribution in [3.8, 4) is 5.75 Å². The Labute approximate surface area is 174 Å². The number of carbonyl (C=O) groups is 1. The molecule has 2 N–H and O–H groups in total. The lowest BCUT2D eigenvalue weighted by atomic mass is 9.92. The van der Waals surface area contributed by atoms with Crippen molar-refractivity contribution in [1.29, 1.82) is 0 Å². The molecule has 0 saturated carbocycles. The second-order valence-corrected chi connectivity index (χ2v) is 8.88. The lowest BCUT2D eigenvalue weighted by molar-refractivity contribution is 0.0573. The Morgan fingerprint density at radius 2 is 1.96 bits per heavy atom. The third kappa shape index (κ3) is 4.97. The number of benzene rings is 1. The number of rotatable bonds is 7. The van der Waals surface area contributed by atoms with Crippen LogP contribution in [0.3, 0.4) is 0 Å². The molecule has 2 atom stereocenters. The Hall–Kier alpha value is -1.35. The van der Waals surface area contributed by atoms with Crippen molar-refractivity contribution in [2.45, 2.75) is 44.6 Å². The van der Waals surface area contributed by atoms with Gasteiger partial charge in [0.05, 0.1) is 7.11 Å². The van der Waals surface area contributed by atoms with E-state index >= 15 is 0 Å². The van der Waals surface area contributed by atoms with Crippen molar-refractivity contribution in [2.75, 3.05) is 33.3 Å². The van der Waals surface area contributed by atoms with Crippen molar-refractivity contribution >= 4 is 28.3 Å². The van der Waals surface area contributed by atoms with Crippen molar-refractivity contribution in [2.24, 2.45) is 11.7 Å². The Morgan fingerprint density at radius 1 is 1.32 bits per heavy atom. The maximum absolute atomic E-state index is 13.1. The van der Waals surface area contributed by atoms with Crippen LogP contribution in [0.2, 0.25) is 0 Å². The number of carbonyl (C=O) groups excluding carboxylic acids is 1. The van der Waals surface area contributed by atoms with Crippen molar-refractivity contribution in [1.82, 2.24) is 9.21 Å². The minimum absolute atomic E-state index is 0. The molecule has 1 amide bonds. The van der Waals surface area contributed by atoms with Gasteiger partial charge in [0.1, 0.15) is 10.6 Å². The van der Waals surface area contributed by atoms with Crippen molar-refractivity contribution in [3.05, 3.63) is 23.8 Å². The number of nitrogens with zero attached hydrogens (tertiary/aromatic N) is 2. The van der Waals surface area contributed by atoms with Crippen LogP contribution in [0, 0.1) is 5.92 Å². The van der Waals surface area contributed by atoms with Gasteiger partial charge in [0, 0.05) is 37.8 Å². The highest BCUT2D eigenvalue weighted by molar-refractivity contribution is 7.89. The summed E-state index contributed by atoms with van der Waals surface area (Å²) in [5.74, 6) is 0.578. The van der Waals surface area contributed by atoms with Gasteiger partial charge in [0.15, 0.2) is 0 Å². The Balaban J connectivity index is 0.00000392. The molecular weight excluding hydrogens is 402 g/mol. The van der Waals surface area contributed by atoms with Crippen LogP contribution in [0.5, 0.6) is 5.75 Å². The molecule has 28 heavy (non-hydrogen) atoms. The zero-order chi connectivity index (χ0) is 20.2. The first-order valence-electron chi connectivity index (χ1n) is 9.49. The fourth-order valence-corrected chi connectivity index (χ4v) is 5.26. The second kappa shape index (κ2) is 10.4. The maximum Gasteiger partial charge on any atom is 0.254 e. The summed E-state index contributed by atoms with van der Waals surface area (Å²) < 4.78 is 32.6. The molecule has 1 fully saturated rings. The molecule has 9 heteroatoms. The molecule has 0 radical (unpaired) electrons. The third-order valence-electron chi connectivity index (χ3n) is 5.24. The lowest BCUT2D eigenvalue weighted by Crippen LogP contribution is -2.49. The zero-order valence-corrected chi connectivity index (χ0v) is 18.7. The third-order valence-corrected chi connectivity index (χ3v) is 7.32. The van der Waals surface area contributed by atoms with Crippen LogP contribution >= 0.6 is 12.4 Å². The molecule has 160 valence electrons. The average Bonchev–Trinajstić information content (AvgIpc) is 2.67. The molecule has 1 aromatic carbocycles. The molecule has 0 spiro atoms. The smallest absolute Gasteiger partial charge is 0.254 e. The summed E-state index contributed by atoms with van der Waals surface area (Å²) in [4.78, 5) is 14.9. The van der Waals surface area contributed by atoms with E-state index < -0.39 is 10.0 Å². The normalized spacial score (nSPS) is 20.0. The van der Waals surface area contributed by atoms with Gasteiger partial charge in [-0.2, -0.15) is 4.31 Å². The SMILES string of the molecule is CCN(CC)S(=O)(=O)c1cc(C(=O)N2CCC(C)CC2CN)ccc1OC.Cl. The van der Waals surface area contributed by atoms with E-state index in [1.165, 1.54) is 17.5 Å². The number of ether oxygens (including phenoxy) is 1. The Bertz CT molecular complexity index is 768. The summed E-state index contributed by atoms with van der Waals surface area (Å²) in [7, 11) is -2.32. The molecule has 1 saturated heterocycles. The number of methoxy groups -OCH3 is 1. The van der Waals surface area contributed by atoms with Crippen LogP contribution in [0.1, 0.15) is 44.0 Å². The summed E-state index contributed by atoms with van der Waals surface area (Å²) in [6.07, 6.45) is 1.78. The molecule has 2 unspecified atom stereocenters. The van der Waals surface area contributed by atoms with E-state index in [1.54, 1.807) is 30.9 Å². The quantitative estimate of drug-likeness (QED) is 0.712. The molecule has 1 heterocycles. The van der Waals surface area contributed by atoms with Gasteiger partial charge in [-0.15, -0.1) is 12.4 Å². The van der Waals surface area contributed by atoms with E-state index in [-0.39, 0.29) is 35.0 Å². The van der Waals surface area contributed by atoms with Crippen molar-refractivity contribution in [3.63, 3.8) is 0 Å². The molecule has 0 aliphatic carbocycles. The van der Waals surface area contributed by atoms with E-state index in [9.17, 15) is 13.2 Å². The summed E-state index contributed by atoms with van der Waals surface area (Å²) >= 11 is 0. The van der Waals surface area contributed by atoms with Gasteiger partial charge in [-0.25, -0.2) is 8.42 Å². The van der Waals surface area contributed by atoms with Gasteiger partial charge in [-0.1, -0.05) is 20.8 Å². The lowest BCUT2D eigenvalue weighted by Gasteiger charge is -2.38. The highest BCUT2D eigenvalue weighted by Gasteiger charge is 2.32. The second-order valence-electron chi connectivity index (χ2n) is 6.97. The number of amides is 1. The largest absolute Gasteiger partial charge is 0.495 e. The number of hydrogen-bond donors (Lipinski definition) is 1. The molecule has 1 aromatic rings. The van der Waals surface area contributed by atoms with Crippen LogP contribution in [-0.2, 0) is 10.0 Å². The van der Waals surface area contributed by atoms with Crippen LogP contribution in [0.15, 0.2) is 23.1 Å². The van der Waals surface area contributed by atoms with Gasteiger partial charge in [0.25, 0.3) is 5.91 Å². The first kappa shape index (κ1) is 24.7. The summed E-state index contributed by atoms with van der Waals surface area (Å²) in [6.45, 7) is 7.45. The van der Waals surface area contributed by atoms with Gasteiger partial charge >= 0.3 is 0 Å². The van der Waals surface area contributed by atoms with E-state index in [0.29, 0.717) is 37.7 Å². The summed E-state index contributed by atoms with van der Waals surface area (Å²) in [5, 5.41) is 0. The van der Waals surface area contributed by atoms with E-state index in [0.717, 1.165) is 12.8 Å². The number of halogens is 1. The van der Waals surface area contributed by atoms with Crippen LogP contribution < -0.4 is 10.5 Å². The van der Waals surface area contributed by atoms with Crippen LogP contribution in [0.25, 0.3) is 0 Å². The molecule has 0 aromatic heterocycles. The van der Waals surface area contributed by atoms with Gasteiger partial charge in [-0.05, 0) is 37.0 Å². The number of nitrogens with two attached hydrogens (primary N) is 1. The predicted octanol–water partition coefficient (Wildman–Crippen LogP) is 2.35. The molecule has 0 bridgehead atoms. The van der Waals surface area contributed by atoms with Gasteiger partial charge in [0.2, 0.25) is 10.0 Å². The van der Waals surface area contributed by atoms with Crippen molar-refractivity contribution < 1.29 is 17.9 Å². The van der Waals surface area contributed by atoms with E-state index in [4.69, 9.17) is 10.5 Å². The summed E-state index contributed by atoms with van der Waals surface area (Å²) in [6, 6.07) is 4.58. The van der Waals surface area contributed by atoms with E-state index in [2.05, 4.69) is 6.92 Å². The van der Waals surface area contributed by atoms with Gasteiger partial charge in [-0.3, -0.25) is 4.79 Å². The first-order valence-corrected chi connectivity index (χ1v) is 10.9. The predicted molar refractivity (Wildman–Crippen MR) is 113 cm³/mol. The molecule has 7 nitrogen and oxygen atoms in total. The summed E-state index contributed by atoms with van der Waals surface area (Å²) in [5.41, 5.74) is 6.22. The highest BCUT2D eigenvalue weighted by Crippen LogP contribution is 2.30. The van der Waals surface area contributed by atoms with Gasteiger partial charge < -0.3 is 15.4 Å². The average molecular weight is 434 g/mol. The fraction of sp³-hybridized carbons (Fsp3) is 0.632. The monoisotopic (exact) mass is 433 g/mol. The molecule has 2 rings (SSSR count). The zero-order valence-electron chi connectivity index (χ0n) is 17.1. The number of likely N-dealkylation sites (tertiary alicyclic amines) is 1. The minimum atomic E-state index is -3.75. The molecule has 1 aliphatic rings. The first-order chi connectivity index (χ1) is 12.8. The number of piperidine rings is 1. The van der Waals surface area contributed by atoms with E-state index in [1.807, 2.05) is 0 Å². The van der Waals surface area contributed by atoms with Crippen LogP contribution in [-0.4, -0.2) is 62.9 Å². The number of hydrogen-bond acceptors (Lipinski definition) is 5. The standard InChI is InChI=1S/C19H31N3O4S.ClH/c1-5-21(6-2)27(24,25)18-12-15(7-8-17(18)26-4)19(23)22-10-9-14(3)11-16(22)13-20;/h7-8,12,14,16H,5-6,9-11,13,20H2,1-4H3;1H. The molecular formula is C19H32ClN3O4S. The maximum atomic E-state index is 13.1. The Kier molecular flexibility index (Phi) is 9.20. The Morgan fingerprint density at radius 3 is 2.50 bits per heavy atom. The highest BCUT2D eigenvalue weighted by atomic mass is 35.5. The van der Waals surface area contributed by atoms with Crippen LogP contribution in [0.4, 0.5) is 0 Å². The minimum Gasteiger partial charge on any atom is -0.495 e.